The third-order valence-electron chi connectivity index (χ3n) is 3.50. The van der Waals surface area contributed by atoms with E-state index < -0.39 is 17.0 Å². The lowest BCUT2D eigenvalue weighted by Gasteiger charge is -2.43. The largest absolute Gasteiger partial charge is 0.480 e. The summed E-state index contributed by atoms with van der Waals surface area (Å²) in [4.78, 5) is 25.3. The Balaban J connectivity index is 2.79. The maximum absolute atomic E-state index is 12.3. The molecule has 1 rings (SSSR count). The number of urea groups is 1. The lowest BCUT2D eigenvalue weighted by molar-refractivity contribution is -0.144. The summed E-state index contributed by atoms with van der Waals surface area (Å²) in [6.07, 6.45) is 1.09. The van der Waals surface area contributed by atoms with Crippen LogP contribution in [0.3, 0.4) is 0 Å². The highest BCUT2D eigenvalue weighted by atomic mass is 16.5. The predicted molar refractivity (Wildman–Crippen MR) is 71.1 cm³/mol. The van der Waals surface area contributed by atoms with Crippen molar-refractivity contribution in [2.45, 2.75) is 51.6 Å². The first-order valence-corrected chi connectivity index (χ1v) is 6.64. The number of hydrogen-bond donors (Lipinski definition) is 2. The van der Waals surface area contributed by atoms with E-state index in [1.807, 2.05) is 20.8 Å². The summed E-state index contributed by atoms with van der Waals surface area (Å²) in [7, 11) is 0. The molecule has 1 heterocycles. The molecule has 110 valence electrons. The molecule has 2 amide bonds. The van der Waals surface area contributed by atoms with Gasteiger partial charge in [0.1, 0.15) is 5.54 Å². The number of morpholine rings is 1. The van der Waals surface area contributed by atoms with E-state index in [9.17, 15) is 14.7 Å². The Kier molecular flexibility index (Phi) is 4.79. The van der Waals surface area contributed by atoms with Crippen LogP contribution in [-0.4, -0.2) is 52.8 Å². The van der Waals surface area contributed by atoms with Gasteiger partial charge in [-0.1, -0.05) is 13.3 Å². The van der Waals surface area contributed by atoms with Crippen LogP contribution in [0, 0.1) is 0 Å². The number of ether oxygens (including phenoxy) is 1. The number of hydrogen-bond acceptors (Lipinski definition) is 3. The van der Waals surface area contributed by atoms with Crippen LogP contribution in [0.25, 0.3) is 0 Å². The van der Waals surface area contributed by atoms with E-state index in [-0.39, 0.29) is 6.03 Å². The molecule has 6 nitrogen and oxygen atoms in total. The third kappa shape index (κ3) is 3.59. The number of nitrogens with zero attached hydrogens (tertiary/aromatic N) is 1. The van der Waals surface area contributed by atoms with Crippen molar-refractivity contribution in [1.29, 1.82) is 0 Å². The molecule has 0 aliphatic carbocycles. The molecule has 0 bridgehead atoms. The maximum Gasteiger partial charge on any atom is 0.329 e. The molecule has 0 aromatic heterocycles. The maximum atomic E-state index is 12.3. The van der Waals surface area contributed by atoms with Gasteiger partial charge in [0.05, 0.1) is 18.8 Å². The molecule has 6 heteroatoms. The summed E-state index contributed by atoms with van der Waals surface area (Å²) in [6.45, 7) is 8.66. The Hall–Kier alpha value is -1.30. The first-order chi connectivity index (χ1) is 8.73. The van der Waals surface area contributed by atoms with Crippen molar-refractivity contribution in [2.24, 2.45) is 0 Å². The lowest BCUT2D eigenvalue weighted by atomic mass is 9.96. The van der Waals surface area contributed by atoms with Crippen molar-refractivity contribution in [3.63, 3.8) is 0 Å². The fourth-order valence-corrected chi connectivity index (χ4v) is 2.26. The van der Waals surface area contributed by atoms with E-state index in [1.54, 1.807) is 11.8 Å². The van der Waals surface area contributed by atoms with Crippen LogP contribution in [0.15, 0.2) is 0 Å². The van der Waals surface area contributed by atoms with E-state index in [4.69, 9.17) is 4.74 Å². The molecule has 0 aromatic carbocycles. The van der Waals surface area contributed by atoms with Gasteiger partial charge in [-0.05, 0) is 27.2 Å². The van der Waals surface area contributed by atoms with Crippen molar-refractivity contribution >= 4 is 12.0 Å². The van der Waals surface area contributed by atoms with Crippen LogP contribution in [0.1, 0.15) is 40.5 Å². The molecule has 0 spiro atoms. The first kappa shape index (κ1) is 15.8. The highest BCUT2D eigenvalue weighted by molar-refractivity contribution is 5.86. The molecule has 19 heavy (non-hydrogen) atoms. The second kappa shape index (κ2) is 5.77. The Morgan fingerprint density at radius 1 is 1.47 bits per heavy atom. The zero-order chi connectivity index (χ0) is 14.7. The van der Waals surface area contributed by atoms with Gasteiger partial charge in [-0.25, -0.2) is 9.59 Å². The van der Waals surface area contributed by atoms with Crippen molar-refractivity contribution < 1.29 is 19.4 Å². The molecule has 1 aliphatic rings. The average molecular weight is 272 g/mol. The predicted octanol–water partition coefficient (Wildman–Crippen LogP) is 1.45. The minimum atomic E-state index is -1.22. The minimum absolute atomic E-state index is 0.341. The quantitative estimate of drug-likeness (QED) is 0.812. The number of aliphatic carboxylic acids is 1. The van der Waals surface area contributed by atoms with Gasteiger partial charge >= 0.3 is 12.0 Å². The highest BCUT2D eigenvalue weighted by Crippen LogP contribution is 2.21. The molecular weight excluding hydrogens is 248 g/mol. The van der Waals surface area contributed by atoms with Gasteiger partial charge in [0.25, 0.3) is 0 Å². The second-order valence-electron chi connectivity index (χ2n) is 5.83. The fourth-order valence-electron chi connectivity index (χ4n) is 2.26. The number of carboxylic acid groups (broad SMARTS) is 1. The van der Waals surface area contributed by atoms with Gasteiger partial charge in [-0.3, -0.25) is 0 Å². The van der Waals surface area contributed by atoms with Gasteiger partial charge in [-0.15, -0.1) is 0 Å². The number of rotatable bonds is 4. The molecule has 1 unspecified atom stereocenters. The zero-order valence-corrected chi connectivity index (χ0v) is 12.2. The molecular formula is C13H24N2O4. The normalized spacial score (nSPS) is 21.6. The van der Waals surface area contributed by atoms with E-state index in [0.29, 0.717) is 32.6 Å². The van der Waals surface area contributed by atoms with E-state index >= 15 is 0 Å². The summed E-state index contributed by atoms with van der Waals surface area (Å²) in [6, 6.07) is -0.341. The zero-order valence-electron chi connectivity index (χ0n) is 12.2. The summed E-state index contributed by atoms with van der Waals surface area (Å²) < 4.78 is 5.35. The summed E-state index contributed by atoms with van der Waals surface area (Å²) in [5, 5.41) is 11.9. The van der Waals surface area contributed by atoms with E-state index in [1.165, 1.54) is 0 Å². The average Bonchev–Trinajstić information content (AvgIpc) is 2.28. The van der Waals surface area contributed by atoms with Gasteiger partial charge < -0.3 is 20.1 Å². The van der Waals surface area contributed by atoms with Crippen molar-refractivity contribution in [3.05, 3.63) is 0 Å². The number of nitrogens with one attached hydrogen (secondary N) is 1. The number of carbonyl (C=O) groups is 2. The van der Waals surface area contributed by atoms with Gasteiger partial charge in [0.2, 0.25) is 0 Å². The molecule has 1 atom stereocenters. The molecule has 1 aliphatic heterocycles. The van der Waals surface area contributed by atoms with Crippen molar-refractivity contribution in [1.82, 2.24) is 10.2 Å². The van der Waals surface area contributed by atoms with Crippen LogP contribution < -0.4 is 5.32 Å². The highest BCUT2D eigenvalue weighted by Gasteiger charge is 2.39. The first-order valence-electron chi connectivity index (χ1n) is 6.64. The Bertz CT molecular complexity index is 357. The fraction of sp³-hybridized carbons (Fsp3) is 0.846. The van der Waals surface area contributed by atoms with Crippen molar-refractivity contribution in [3.8, 4) is 0 Å². The van der Waals surface area contributed by atoms with Crippen LogP contribution in [0.2, 0.25) is 0 Å². The minimum Gasteiger partial charge on any atom is -0.480 e. The Morgan fingerprint density at radius 3 is 2.58 bits per heavy atom. The van der Waals surface area contributed by atoms with Gasteiger partial charge in [0.15, 0.2) is 0 Å². The smallest absolute Gasteiger partial charge is 0.329 e. The number of amides is 2. The second-order valence-corrected chi connectivity index (χ2v) is 5.83. The van der Waals surface area contributed by atoms with E-state index in [2.05, 4.69) is 5.32 Å². The third-order valence-corrected chi connectivity index (χ3v) is 3.50. The van der Waals surface area contributed by atoms with Crippen molar-refractivity contribution in [2.75, 3.05) is 19.8 Å². The molecule has 1 fully saturated rings. The van der Waals surface area contributed by atoms with E-state index in [0.717, 1.165) is 0 Å². The van der Waals surface area contributed by atoms with Gasteiger partial charge in [-0.2, -0.15) is 0 Å². The SMILES string of the molecule is CCCC(C)(NC(=O)N1CCOCC1(C)C)C(=O)O. The van der Waals surface area contributed by atoms with Crippen LogP contribution in [0.4, 0.5) is 4.79 Å². The molecule has 0 radical (unpaired) electrons. The molecule has 1 saturated heterocycles. The van der Waals surface area contributed by atoms with Crippen LogP contribution >= 0.6 is 0 Å². The summed E-state index contributed by atoms with van der Waals surface area (Å²) in [5.74, 6) is -1.01. The summed E-state index contributed by atoms with van der Waals surface area (Å²) >= 11 is 0. The topological polar surface area (TPSA) is 78.9 Å². The molecule has 2 N–H and O–H groups in total. The standard InChI is InChI=1S/C13H24N2O4/c1-5-6-13(4,10(16)17)14-11(18)15-7-8-19-9-12(15,2)3/h5-9H2,1-4H3,(H,14,18)(H,16,17). The van der Waals surface area contributed by atoms with Crippen LogP contribution in [0.5, 0.6) is 0 Å². The van der Waals surface area contributed by atoms with Gasteiger partial charge in [0, 0.05) is 6.54 Å². The molecule has 0 saturated carbocycles. The monoisotopic (exact) mass is 272 g/mol. The molecule has 0 aromatic rings. The summed E-state index contributed by atoms with van der Waals surface area (Å²) in [5.41, 5.74) is -1.64. The Labute approximate surface area is 114 Å². The number of carboxylic acids is 1. The Morgan fingerprint density at radius 2 is 2.11 bits per heavy atom. The number of carbonyl (C=O) groups excluding carboxylic acids is 1. The lowest BCUT2D eigenvalue weighted by Crippen LogP contribution is -2.63. The van der Waals surface area contributed by atoms with Crippen LogP contribution in [-0.2, 0) is 9.53 Å².